The second-order valence-electron chi connectivity index (χ2n) is 5.78. The summed E-state index contributed by atoms with van der Waals surface area (Å²) in [6, 6.07) is 15.2. The summed E-state index contributed by atoms with van der Waals surface area (Å²) in [4.78, 5) is 27.7. The van der Waals surface area contributed by atoms with E-state index in [1.807, 2.05) is 69.3 Å². The number of aryl methyl sites for hydroxylation is 2. The molecule has 2 aromatic rings. The molecule has 0 spiro atoms. The Morgan fingerprint density at radius 3 is 1.92 bits per heavy atom. The number of carbonyl (C=O) groups is 2. The van der Waals surface area contributed by atoms with Crippen LogP contribution in [0, 0.1) is 13.8 Å². The Kier molecular flexibility index (Phi) is 4.58. The highest BCUT2D eigenvalue weighted by atomic mass is 32.2. The van der Waals surface area contributed by atoms with Gasteiger partial charge in [-0.05, 0) is 37.3 Å². The van der Waals surface area contributed by atoms with Crippen LogP contribution >= 0.6 is 11.8 Å². The lowest BCUT2D eigenvalue weighted by Crippen LogP contribution is -2.31. The van der Waals surface area contributed by atoms with Crippen LogP contribution in [0.5, 0.6) is 0 Å². The lowest BCUT2D eigenvalue weighted by Gasteiger charge is -2.15. The van der Waals surface area contributed by atoms with Crippen LogP contribution in [0.4, 0.5) is 5.69 Å². The van der Waals surface area contributed by atoms with Crippen molar-refractivity contribution in [3.8, 4) is 0 Å². The van der Waals surface area contributed by atoms with Gasteiger partial charge in [-0.3, -0.25) is 9.59 Å². The zero-order chi connectivity index (χ0) is 17.3. The Bertz CT molecular complexity index is 820. The minimum atomic E-state index is -0.247. The van der Waals surface area contributed by atoms with Crippen LogP contribution in [0.15, 0.2) is 53.4 Å². The first-order valence-corrected chi connectivity index (χ1v) is 8.91. The van der Waals surface area contributed by atoms with Crippen molar-refractivity contribution in [3.63, 3.8) is 0 Å². The minimum absolute atomic E-state index is 0.230. The van der Waals surface area contributed by atoms with Gasteiger partial charge in [-0.15, -0.1) is 11.8 Å². The van der Waals surface area contributed by atoms with Crippen molar-refractivity contribution >= 4 is 34.8 Å². The molecule has 3 nitrogen and oxygen atoms in total. The zero-order valence-electron chi connectivity index (χ0n) is 14.0. The third-order valence-corrected chi connectivity index (χ3v) is 4.92. The third kappa shape index (κ3) is 2.89. The quantitative estimate of drug-likeness (QED) is 0.779. The van der Waals surface area contributed by atoms with E-state index in [2.05, 4.69) is 0 Å². The Balaban J connectivity index is 2.07. The lowest BCUT2D eigenvalue weighted by atomic mass is 10.0. The fourth-order valence-corrected chi connectivity index (χ4v) is 3.54. The van der Waals surface area contributed by atoms with E-state index < -0.39 is 0 Å². The Labute approximate surface area is 146 Å². The van der Waals surface area contributed by atoms with Gasteiger partial charge >= 0.3 is 0 Å². The predicted octanol–water partition coefficient (Wildman–Crippen LogP) is 4.34. The maximum Gasteiger partial charge on any atom is 0.272 e. The molecule has 4 heteroatoms. The van der Waals surface area contributed by atoms with Gasteiger partial charge in [0.05, 0.1) is 16.2 Å². The number of amides is 2. The Morgan fingerprint density at radius 1 is 0.833 bits per heavy atom. The first-order chi connectivity index (χ1) is 11.5. The predicted molar refractivity (Wildman–Crippen MR) is 99.9 cm³/mol. The van der Waals surface area contributed by atoms with Gasteiger partial charge in [0.1, 0.15) is 0 Å². The van der Waals surface area contributed by atoms with Crippen LogP contribution in [-0.2, 0) is 9.59 Å². The number of thioether (sulfide) groups is 1. The van der Waals surface area contributed by atoms with Crippen molar-refractivity contribution in [2.45, 2.75) is 20.8 Å². The van der Waals surface area contributed by atoms with E-state index in [9.17, 15) is 9.59 Å². The van der Waals surface area contributed by atoms with Crippen LogP contribution < -0.4 is 4.90 Å². The molecule has 0 unspecified atom stereocenters. The van der Waals surface area contributed by atoms with Crippen molar-refractivity contribution in [3.05, 3.63) is 70.1 Å². The molecule has 0 aromatic heterocycles. The molecule has 3 rings (SSSR count). The molecule has 2 amide bonds. The van der Waals surface area contributed by atoms with E-state index in [0.29, 0.717) is 16.2 Å². The van der Waals surface area contributed by atoms with Crippen LogP contribution in [0.25, 0.3) is 5.57 Å². The van der Waals surface area contributed by atoms with E-state index in [1.54, 1.807) is 0 Å². The molecule has 1 aliphatic rings. The molecule has 2 aromatic carbocycles. The molecule has 1 heterocycles. The highest BCUT2D eigenvalue weighted by Crippen LogP contribution is 2.38. The Morgan fingerprint density at radius 2 is 1.38 bits per heavy atom. The molecule has 0 aliphatic carbocycles. The molecule has 0 N–H and O–H groups in total. The second kappa shape index (κ2) is 6.65. The first-order valence-electron chi connectivity index (χ1n) is 7.92. The maximum absolute atomic E-state index is 13.0. The molecule has 24 heavy (non-hydrogen) atoms. The molecule has 0 saturated carbocycles. The number of benzene rings is 2. The Hall–Kier alpha value is -2.33. The van der Waals surface area contributed by atoms with Crippen molar-refractivity contribution < 1.29 is 9.59 Å². The van der Waals surface area contributed by atoms with Crippen LogP contribution in [0.1, 0.15) is 23.6 Å². The largest absolute Gasteiger partial charge is 0.272 e. The summed E-state index contributed by atoms with van der Waals surface area (Å²) < 4.78 is 0. The van der Waals surface area contributed by atoms with Crippen LogP contribution in [0.3, 0.4) is 0 Å². The van der Waals surface area contributed by atoms with Gasteiger partial charge < -0.3 is 0 Å². The van der Waals surface area contributed by atoms with Crippen molar-refractivity contribution in [1.82, 2.24) is 0 Å². The summed E-state index contributed by atoms with van der Waals surface area (Å²) in [5, 5.41) is 0. The van der Waals surface area contributed by atoms with Crippen molar-refractivity contribution in [1.29, 1.82) is 0 Å². The molecule has 122 valence electrons. The fraction of sp³-hybridized carbons (Fsp3) is 0.200. The van der Waals surface area contributed by atoms with Crippen molar-refractivity contribution in [2.24, 2.45) is 0 Å². The number of imide groups is 1. The van der Waals surface area contributed by atoms with E-state index in [0.717, 1.165) is 22.4 Å². The average molecular weight is 337 g/mol. The summed E-state index contributed by atoms with van der Waals surface area (Å²) in [6.45, 7) is 5.96. The van der Waals surface area contributed by atoms with Gasteiger partial charge in [0.15, 0.2) is 0 Å². The van der Waals surface area contributed by atoms with Crippen LogP contribution in [0.2, 0.25) is 0 Å². The number of anilines is 1. The maximum atomic E-state index is 13.0. The van der Waals surface area contributed by atoms with Crippen LogP contribution in [-0.4, -0.2) is 17.6 Å². The van der Waals surface area contributed by atoms with Gasteiger partial charge in [-0.1, -0.05) is 54.4 Å². The smallest absolute Gasteiger partial charge is 0.268 e. The second-order valence-corrected chi connectivity index (χ2v) is 7.06. The highest BCUT2D eigenvalue weighted by molar-refractivity contribution is 8.04. The lowest BCUT2D eigenvalue weighted by molar-refractivity contribution is -0.119. The third-order valence-electron chi connectivity index (χ3n) is 3.96. The molecule has 0 saturated heterocycles. The summed E-state index contributed by atoms with van der Waals surface area (Å²) in [5.41, 5.74) is 4.13. The average Bonchev–Trinajstić information content (AvgIpc) is 2.81. The summed E-state index contributed by atoms with van der Waals surface area (Å²) in [5.74, 6) is 0.265. The van der Waals surface area contributed by atoms with Gasteiger partial charge in [0.2, 0.25) is 0 Å². The number of nitrogens with zero attached hydrogens (tertiary/aromatic N) is 1. The topological polar surface area (TPSA) is 37.4 Å². The highest BCUT2D eigenvalue weighted by Gasteiger charge is 2.39. The molecule has 0 bridgehead atoms. The summed E-state index contributed by atoms with van der Waals surface area (Å²) in [6.07, 6.45) is 0. The summed E-state index contributed by atoms with van der Waals surface area (Å²) in [7, 11) is 0. The fourth-order valence-electron chi connectivity index (χ4n) is 2.69. The standard InChI is InChI=1S/C20H19NO2S/c1-4-24-18-17(15-9-5-13(2)6-10-15)19(22)21(20(18)23)16-11-7-14(3)8-12-16/h5-12H,4H2,1-3H3. The monoisotopic (exact) mass is 337 g/mol. The van der Waals surface area contributed by atoms with E-state index in [1.165, 1.54) is 16.7 Å². The van der Waals surface area contributed by atoms with E-state index in [-0.39, 0.29) is 11.8 Å². The first kappa shape index (κ1) is 16.5. The van der Waals surface area contributed by atoms with Gasteiger partial charge in [0.25, 0.3) is 11.8 Å². The molecule has 0 fully saturated rings. The van der Waals surface area contributed by atoms with E-state index >= 15 is 0 Å². The van der Waals surface area contributed by atoms with Gasteiger partial charge in [-0.2, -0.15) is 0 Å². The number of hydrogen-bond donors (Lipinski definition) is 0. The summed E-state index contributed by atoms with van der Waals surface area (Å²) >= 11 is 1.43. The SMILES string of the molecule is CCSC1=C(c2ccc(C)cc2)C(=O)N(c2ccc(C)cc2)C1=O. The number of carbonyl (C=O) groups excluding carboxylic acids is 2. The van der Waals surface area contributed by atoms with Crippen molar-refractivity contribution in [2.75, 3.05) is 10.7 Å². The normalized spacial score (nSPS) is 14.7. The van der Waals surface area contributed by atoms with Gasteiger partial charge in [-0.25, -0.2) is 4.90 Å². The molecular formula is C20H19NO2S. The molecule has 0 atom stereocenters. The number of rotatable bonds is 4. The molecule has 0 radical (unpaired) electrons. The minimum Gasteiger partial charge on any atom is -0.268 e. The van der Waals surface area contributed by atoms with E-state index in [4.69, 9.17) is 0 Å². The number of hydrogen-bond acceptors (Lipinski definition) is 3. The molecule has 1 aliphatic heterocycles. The molecular weight excluding hydrogens is 318 g/mol. The van der Waals surface area contributed by atoms with Gasteiger partial charge in [0, 0.05) is 0 Å². The zero-order valence-corrected chi connectivity index (χ0v) is 14.8.